The molecule has 34 heavy (non-hydrogen) atoms. The van der Waals surface area contributed by atoms with Crippen molar-refractivity contribution in [2.75, 3.05) is 12.0 Å². The van der Waals surface area contributed by atoms with Crippen molar-refractivity contribution in [3.05, 3.63) is 131 Å². The number of carbonyl (C=O) groups is 2. The summed E-state index contributed by atoms with van der Waals surface area (Å²) in [5, 5.41) is 0. The van der Waals surface area contributed by atoms with Gasteiger partial charge in [-0.05, 0) is 41.5 Å². The number of anilines is 1. The van der Waals surface area contributed by atoms with E-state index in [0.717, 1.165) is 16.8 Å². The summed E-state index contributed by atoms with van der Waals surface area (Å²) in [6, 6.07) is 33.9. The molecule has 0 fully saturated rings. The van der Waals surface area contributed by atoms with Gasteiger partial charge in [-0.2, -0.15) is 0 Å². The summed E-state index contributed by atoms with van der Waals surface area (Å²) in [5.74, 6) is 0.293. The predicted molar refractivity (Wildman–Crippen MR) is 135 cm³/mol. The first-order valence-corrected chi connectivity index (χ1v) is 11.1. The molecule has 5 rings (SSSR count). The Labute approximate surface area is 198 Å². The fourth-order valence-corrected chi connectivity index (χ4v) is 4.33. The Balaban J connectivity index is 1.69. The fourth-order valence-electron chi connectivity index (χ4n) is 4.33. The van der Waals surface area contributed by atoms with Gasteiger partial charge in [0.1, 0.15) is 5.75 Å². The van der Waals surface area contributed by atoms with E-state index in [9.17, 15) is 9.59 Å². The molecule has 1 heterocycles. The molecule has 0 saturated heterocycles. The Kier molecular flexibility index (Phi) is 5.79. The van der Waals surface area contributed by atoms with Crippen LogP contribution in [-0.2, 0) is 11.3 Å². The number of rotatable bonds is 6. The molecule has 1 aliphatic heterocycles. The average molecular weight is 446 g/mol. The molecule has 0 N–H and O–H groups in total. The number of para-hydroxylation sites is 1. The minimum atomic E-state index is -0.200. The van der Waals surface area contributed by atoms with E-state index in [-0.39, 0.29) is 11.7 Å². The van der Waals surface area contributed by atoms with Crippen molar-refractivity contribution < 1.29 is 14.3 Å². The van der Waals surface area contributed by atoms with Crippen LogP contribution >= 0.6 is 0 Å². The number of hydrogen-bond donors (Lipinski definition) is 0. The highest BCUT2D eigenvalue weighted by atomic mass is 16.5. The number of ether oxygens (including phenoxy) is 1. The molecule has 0 aliphatic carbocycles. The molecule has 1 aliphatic rings. The Morgan fingerprint density at radius 1 is 0.735 bits per heavy atom. The van der Waals surface area contributed by atoms with Gasteiger partial charge in [0, 0.05) is 16.7 Å². The van der Waals surface area contributed by atoms with E-state index < -0.39 is 0 Å². The summed E-state index contributed by atoms with van der Waals surface area (Å²) in [6.07, 6.45) is 0. The number of fused-ring (bicyclic) bond motifs is 1. The highest BCUT2D eigenvalue weighted by Gasteiger charge is 2.36. The first-order chi connectivity index (χ1) is 16.7. The van der Waals surface area contributed by atoms with E-state index in [1.54, 1.807) is 36.3 Å². The van der Waals surface area contributed by atoms with E-state index in [1.807, 2.05) is 84.9 Å². The second kappa shape index (κ2) is 9.20. The topological polar surface area (TPSA) is 46.6 Å². The lowest BCUT2D eigenvalue weighted by atomic mass is 9.89. The molecule has 0 unspecified atom stereocenters. The highest BCUT2D eigenvalue weighted by molar-refractivity contribution is 6.48. The van der Waals surface area contributed by atoms with Crippen LogP contribution in [0.1, 0.15) is 27.0 Å². The Bertz CT molecular complexity index is 1370. The third-order valence-corrected chi connectivity index (χ3v) is 6.00. The van der Waals surface area contributed by atoms with Gasteiger partial charge in [-0.3, -0.25) is 9.59 Å². The zero-order valence-electron chi connectivity index (χ0n) is 18.8. The molecule has 0 atom stereocenters. The molecule has 4 heteroatoms. The third kappa shape index (κ3) is 3.90. The molecular formula is C30H23NO3. The maximum atomic E-state index is 13.9. The van der Waals surface area contributed by atoms with E-state index in [1.165, 1.54) is 0 Å². The minimum absolute atomic E-state index is 0.175. The summed E-state index contributed by atoms with van der Waals surface area (Å²) in [6.45, 7) is 0.430. The van der Waals surface area contributed by atoms with Crippen molar-refractivity contribution in [1.29, 1.82) is 0 Å². The molecule has 0 aromatic heterocycles. The number of methoxy groups -OCH3 is 1. The quantitative estimate of drug-likeness (QED) is 0.269. The van der Waals surface area contributed by atoms with Gasteiger partial charge >= 0.3 is 0 Å². The van der Waals surface area contributed by atoms with Gasteiger partial charge in [0.15, 0.2) is 5.78 Å². The van der Waals surface area contributed by atoms with Gasteiger partial charge in [-0.15, -0.1) is 0 Å². The SMILES string of the molecule is COc1ccc(C(=O)/C(=C2/C(=O)N(Cc3ccccc3)c3ccccc32)c2ccccc2)cc1. The summed E-state index contributed by atoms with van der Waals surface area (Å²) in [5.41, 5.74) is 4.64. The monoisotopic (exact) mass is 445 g/mol. The summed E-state index contributed by atoms with van der Waals surface area (Å²) in [7, 11) is 1.59. The lowest BCUT2D eigenvalue weighted by Crippen LogP contribution is -2.26. The van der Waals surface area contributed by atoms with Crippen molar-refractivity contribution in [3.8, 4) is 5.75 Å². The zero-order chi connectivity index (χ0) is 23.5. The maximum absolute atomic E-state index is 13.9. The molecule has 0 bridgehead atoms. The Morgan fingerprint density at radius 2 is 1.35 bits per heavy atom. The smallest absolute Gasteiger partial charge is 0.260 e. The van der Waals surface area contributed by atoms with E-state index in [4.69, 9.17) is 4.74 Å². The summed E-state index contributed by atoms with van der Waals surface area (Å²) < 4.78 is 5.24. The molecule has 0 radical (unpaired) electrons. The number of benzene rings is 4. The van der Waals surface area contributed by atoms with Gasteiger partial charge in [-0.25, -0.2) is 0 Å². The average Bonchev–Trinajstić information content (AvgIpc) is 3.16. The second-order valence-electron chi connectivity index (χ2n) is 8.07. The van der Waals surface area contributed by atoms with Crippen molar-refractivity contribution >= 4 is 28.5 Å². The van der Waals surface area contributed by atoms with Gasteiger partial charge in [0.2, 0.25) is 0 Å². The van der Waals surface area contributed by atoms with Crippen LogP contribution in [0.15, 0.2) is 109 Å². The molecule has 166 valence electrons. The minimum Gasteiger partial charge on any atom is -0.497 e. The number of Topliss-reactive ketones (excluding diaryl/α,β-unsaturated/α-hetero) is 1. The van der Waals surface area contributed by atoms with Crippen LogP contribution in [0.4, 0.5) is 5.69 Å². The van der Waals surface area contributed by atoms with Crippen molar-refractivity contribution in [1.82, 2.24) is 0 Å². The lowest BCUT2D eigenvalue weighted by Gasteiger charge is -2.17. The van der Waals surface area contributed by atoms with Gasteiger partial charge in [0.25, 0.3) is 5.91 Å². The zero-order valence-corrected chi connectivity index (χ0v) is 18.8. The van der Waals surface area contributed by atoms with Gasteiger partial charge < -0.3 is 9.64 Å². The van der Waals surface area contributed by atoms with Crippen molar-refractivity contribution in [2.24, 2.45) is 0 Å². The molecule has 4 aromatic carbocycles. The van der Waals surface area contributed by atoms with Gasteiger partial charge in [0.05, 0.1) is 24.9 Å². The van der Waals surface area contributed by atoms with Gasteiger partial charge in [-0.1, -0.05) is 78.9 Å². The van der Waals surface area contributed by atoms with E-state index >= 15 is 0 Å². The van der Waals surface area contributed by atoms with Crippen LogP contribution in [0.5, 0.6) is 5.75 Å². The van der Waals surface area contributed by atoms with Crippen LogP contribution < -0.4 is 9.64 Å². The number of carbonyl (C=O) groups excluding carboxylic acids is 2. The largest absolute Gasteiger partial charge is 0.497 e. The Hall–Kier alpha value is -4.44. The van der Waals surface area contributed by atoms with Crippen LogP contribution in [0, 0.1) is 0 Å². The summed E-state index contributed by atoms with van der Waals surface area (Å²) >= 11 is 0. The van der Waals surface area contributed by atoms with E-state index in [2.05, 4.69) is 0 Å². The first kappa shape index (κ1) is 21.4. The number of allylic oxidation sites excluding steroid dienone is 1. The van der Waals surface area contributed by atoms with Crippen LogP contribution in [-0.4, -0.2) is 18.8 Å². The van der Waals surface area contributed by atoms with Crippen LogP contribution in [0.3, 0.4) is 0 Å². The normalized spacial score (nSPS) is 14.0. The second-order valence-corrected chi connectivity index (χ2v) is 8.07. The fraction of sp³-hybridized carbons (Fsp3) is 0.0667. The van der Waals surface area contributed by atoms with Crippen molar-refractivity contribution in [2.45, 2.75) is 6.54 Å². The summed E-state index contributed by atoms with van der Waals surface area (Å²) in [4.78, 5) is 29.6. The molecular weight excluding hydrogens is 422 g/mol. The highest BCUT2D eigenvalue weighted by Crippen LogP contribution is 2.42. The molecule has 0 saturated carbocycles. The van der Waals surface area contributed by atoms with Crippen LogP contribution in [0.2, 0.25) is 0 Å². The number of nitrogens with zero attached hydrogens (tertiary/aromatic N) is 1. The standard InChI is InChI=1S/C30H23NO3/c1-34-24-18-16-23(17-19-24)29(32)27(22-12-6-3-7-13-22)28-25-14-8-9-15-26(25)31(30(28)33)20-21-10-4-2-5-11-21/h2-19H,20H2,1H3/b28-27+. The molecule has 4 nitrogen and oxygen atoms in total. The van der Waals surface area contributed by atoms with E-state index in [0.29, 0.717) is 34.6 Å². The first-order valence-electron chi connectivity index (χ1n) is 11.1. The Morgan fingerprint density at radius 3 is 2.03 bits per heavy atom. The molecule has 4 aromatic rings. The lowest BCUT2D eigenvalue weighted by molar-refractivity contribution is -0.113. The number of ketones is 1. The predicted octanol–water partition coefficient (Wildman–Crippen LogP) is 6.04. The maximum Gasteiger partial charge on any atom is 0.260 e. The van der Waals surface area contributed by atoms with Crippen molar-refractivity contribution in [3.63, 3.8) is 0 Å². The van der Waals surface area contributed by atoms with Crippen LogP contribution in [0.25, 0.3) is 11.1 Å². The molecule has 1 amide bonds. The number of hydrogen-bond acceptors (Lipinski definition) is 3. The number of amides is 1. The molecule has 0 spiro atoms. The third-order valence-electron chi connectivity index (χ3n) is 6.00.